The first kappa shape index (κ1) is 24.8. The normalized spacial score (nSPS) is 20.7. The summed E-state index contributed by atoms with van der Waals surface area (Å²) in [6.07, 6.45) is -2.45. The summed E-state index contributed by atoms with van der Waals surface area (Å²) in [4.78, 5) is 18.5. The molecule has 0 bridgehead atoms. The Kier molecular flexibility index (Phi) is 6.82. The summed E-state index contributed by atoms with van der Waals surface area (Å²) < 4.78 is 56.4. The fraction of sp³-hybridized carbons (Fsp3) is 0.500. The maximum absolute atomic E-state index is 14.6. The van der Waals surface area contributed by atoms with Crippen LogP contribution >= 0.6 is 11.3 Å². The average Bonchev–Trinajstić information content (AvgIpc) is 3.37. The van der Waals surface area contributed by atoms with Crippen LogP contribution in [0.5, 0.6) is 0 Å². The van der Waals surface area contributed by atoms with Gasteiger partial charge >= 0.3 is 6.18 Å². The number of carbonyl (C=O) groups excluding carboxylic acids is 1. The number of likely N-dealkylation sites (tertiary alicyclic amines) is 1. The Hall–Kier alpha value is -2.86. The van der Waals surface area contributed by atoms with Crippen molar-refractivity contribution in [3.05, 3.63) is 29.3 Å². The van der Waals surface area contributed by atoms with E-state index in [2.05, 4.69) is 20.5 Å². The van der Waals surface area contributed by atoms with Gasteiger partial charge in [0.25, 0.3) is 0 Å². The van der Waals surface area contributed by atoms with Gasteiger partial charge in [0.1, 0.15) is 11.6 Å². The summed E-state index contributed by atoms with van der Waals surface area (Å²) in [6.45, 7) is -0.131. The molecule has 1 N–H and O–H groups in total. The second kappa shape index (κ2) is 9.89. The Labute approximate surface area is 209 Å². The number of hydrogen-bond acceptors (Lipinski definition) is 6. The van der Waals surface area contributed by atoms with Gasteiger partial charge in [-0.15, -0.1) is 10.2 Å². The van der Waals surface area contributed by atoms with Crippen molar-refractivity contribution in [1.29, 1.82) is 0 Å². The highest BCUT2D eigenvalue weighted by Crippen LogP contribution is 2.37. The molecule has 1 amide bonds. The number of nitrogens with zero attached hydrogens (tertiary/aromatic N) is 5. The molecule has 0 spiro atoms. The van der Waals surface area contributed by atoms with Crippen molar-refractivity contribution in [2.45, 2.75) is 51.1 Å². The van der Waals surface area contributed by atoms with Crippen molar-refractivity contribution in [3.63, 3.8) is 0 Å². The van der Waals surface area contributed by atoms with Crippen molar-refractivity contribution < 1.29 is 22.4 Å². The maximum Gasteiger partial charge on any atom is 0.406 e. The molecule has 36 heavy (non-hydrogen) atoms. The molecule has 2 aromatic heterocycles. The van der Waals surface area contributed by atoms with Crippen LogP contribution in [-0.4, -0.2) is 63.8 Å². The minimum atomic E-state index is -4.47. The molecule has 12 heteroatoms. The maximum atomic E-state index is 14.6. The van der Waals surface area contributed by atoms with Gasteiger partial charge in [-0.1, -0.05) is 23.8 Å². The highest BCUT2D eigenvalue weighted by molar-refractivity contribution is 7.14. The van der Waals surface area contributed by atoms with Crippen LogP contribution in [0.4, 0.5) is 23.2 Å². The molecule has 1 aromatic carbocycles. The van der Waals surface area contributed by atoms with Crippen LogP contribution < -0.4 is 5.32 Å². The highest BCUT2D eigenvalue weighted by Gasteiger charge is 2.31. The van der Waals surface area contributed by atoms with Crippen LogP contribution in [0.25, 0.3) is 21.6 Å². The smallest absolute Gasteiger partial charge is 0.349 e. The predicted molar refractivity (Wildman–Crippen MR) is 130 cm³/mol. The van der Waals surface area contributed by atoms with Crippen molar-refractivity contribution >= 4 is 39.5 Å². The summed E-state index contributed by atoms with van der Waals surface area (Å²) >= 11 is 1.14. The van der Waals surface area contributed by atoms with Gasteiger partial charge in [0, 0.05) is 30.8 Å². The number of halogens is 4. The van der Waals surface area contributed by atoms with E-state index in [0.29, 0.717) is 45.3 Å². The molecule has 7 nitrogen and oxygen atoms in total. The number of aliphatic imine (C=N–C) groups is 1. The molecule has 192 valence electrons. The summed E-state index contributed by atoms with van der Waals surface area (Å²) in [5.74, 6) is -0.00626. The molecule has 1 aliphatic carbocycles. The fourth-order valence-corrected chi connectivity index (χ4v) is 5.32. The third-order valence-electron chi connectivity index (χ3n) is 6.68. The Morgan fingerprint density at radius 3 is 2.78 bits per heavy atom. The molecule has 2 fully saturated rings. The third-order valence-corrected chi connectivity index (χ3v) is 7.63. The van der Waals surface area contributed by atoms with E-state index in [1.54, 1.807) is 24.3 Å². The van der Waals surface area contributed by atoms with E-state index in [-0.39, 0.29) is 30.6 Å². The Morgan fingerprint density at radius 1 is 1.28 bits per heavy atom. The first-order chi connectivity index (χ1) is 17.2. The number of fused-ring (bicyclic) bond motifs is 1. The molecule has 1 aliphatic heterocycles. The van der Waals surface area contributed by atoms with E-state index in [1.807, 2.05) is 11.9 Å². The number of alkyl halides is 4. The first-order valence-corrected chi connectivity index (χ1v) is 12.7. The van der Waals surface area contributed by atoms with Crippen LogP contribution in [0.1, 0.15) is 30.7 Å². The molecule has 0 radical (unpaired) electrons. The summed E-state index contributed by atoms with van der Waals surface area (Å²) in [5, 5.41) is 12.3. The Balaban J connectivity index is 1.49. The van der Waals surface area contributed by atoms with Crippen molar-refractivity contribution in [1.82, 2.24) is 25.0 Å². The minimum Gasteiger partial charge on any atom is -0.349 e. The second-order valence-electron chi connectivity index (χ2n) is 9.37. The first-order valence-electron chi connectivity index (χ1n) is 11.9. The largest absolute Gasteiger partial charge is 0.406 e. The predicted octanol–water partition coefficient (Wildman–Crippen LogP) is 4.88. The number of carbonyl (C=O) groups is 1. The number of benzene rings is 1. The zero-order valence-electron chi connectivity index (χ0n) is 19.7. The average molecular weight is 523 g/mol. The van der Waals surface area contributed by atoms with Gasteiger partial charge in [-0.3, -0.25) is 9.79 Å². The number of amides is 1. The van der Waals surface area contributed by atoms with Crippen molar-refractivity contribution in [3.8, 4) is 10.7 Å². The quantitative estimate of drug-likeness (QED) is 0.468. The van der Waals surface area contributed by atoms with Gasteiger partial charge in [-0.05, 0) is 38.1 Å². The number of hydrogen-bond donors (Lipinski definition) is 1. The lowest BCUT2D eigenvalue weighted by Crippen LogP contribution is -2.39. The molecule has 1 saturated carbocycles. The molecular weight excluding hydrogens is 496 g/mol. The van der Waals surface area contributed by atoms with Gasteiger partial charge in [0.15, 0.2) is 11.2 Å². The number of aromatic nitrogens is 3. The van der Waals surface area contributed by atoms with Crippen molar-refractivity contribution in [2.24, 2.45) is 10.9 Å². The summed E-state index contributed by atoms with van der Waals surface area (Å²) in [6, 6.07) is 6.52. The van der Waals surface area contributed by atoms with E-state index in [0.717, 1.165) is 35.2 Å². The van der Waals surface area contributed by atoms with Crippen LogP contribution in [0.3, 0.4) is 0 Å². The van der Waals surface area contributed by atoms with Crippen molar-refractivity contribution in [2.75, 3.05) is 20.1 Å². The molecule has 5 rings (SSSR count). The SMILES string of the molecule is CN1CC/C(=N\c2cccc3c2cc(-c2nnc(CNC(=O)C4CCC4)s2)n3CC(F)(F)F)[C@@H](F)C1. The number of rotatable bonds is 6. The van der Waals surface area contributed by atoms with Crippen LogP contribution in [0, 0.1) is 5.92 Å². The lowest BCUT2D eigenvalue weighted by Gasteiger charge is -2.26. The molecule has 1 atom stereocenters. The number of piperidine rings is 1. The fourth-order valence-electron chi connectivity index (χ4n) is 4.51. The van der Waals surface area contributed by atoms with E-state index in [4.69, 9.17) is 0 Å². The van der Waals surface area contributed by atoms with Crippen LogP contribution in [-0.2, 0) is 17.9 Å². The van der Waals surface area contributed by atoms with Gasteiger partial charge in [-0.2, -0.15) is 13.2 Å². The van der Waals surface area contributed by atoms with Gasteiger partial charge < -0.3 is 14.8 Å². The topological polar surface area (TPSA) is 75.4 Å². The van der Waals surface area contributed by atoms with Crippen LogP contribution in [0.15, 0.2) is 29.3 Å². The molecule has 3 heterocycles. The van der Waals surface area contributed by atoms with E-state index in [1.165, 1.54) is 0 Å². The minimum absolute atomic E-state index is 0.0280. The Morgan fingerprint density at radius 2 is 2.08 bits per heavy atom. The monoisotopic (exact) mass is 522 g/mol. The molecule has 3 aromatic rings. The van der Waals surface area contributed by atoms with E-state index >= 15 is 0 Å². The van der Waals surface area contributed by atoms with Gasteiger partial charge in [-0.25, -0.2) is 4.39 Å². The molecule has 2 aliphatic rings. The second-order valence-corrected chi connectivity index (χ2v) is 10.4. The van der Waals surface area contributed by atoms with Gasteiger partial charge in [0.2, 0.25) is 5.91 Å². The van der Waals surface area contributed by atoms with Gasteiger partial charge in [0.05, 0.1) is 29.2 Å². The molecular formula is C24H26F4N6OS. The zero-order valence-corrected chi connectivity index (χ0v) is 20.5. The third kappa shape index (κ3) is 5.29. The lowest BCUT2D eigenvalue weighted by atomic mass is 9.85. The molecule has 1 saturated heterocycles. The number of nitrogens with one attached hydrogen (secondary N) is 1. The van der Waals surface area contributed by atoms with Crippen LogP contribution in [0.2, 0.25) is 0 Å². The summed E-state index contributed by atoms with van der Waals surface area (Å²) in [5.41, 5.74) is 1.41. The zero-order chi connectivity index (χ0) is 25.4. The molecule has 0 unspecified atom stereocenters. The lowest BCUT2D eigenvalue weighted by molar-refractivity contribution is -0.139. The Bertz CT molecular complexity index is 1300. The standard InChI is InChI=1S/C24H26F4N6OS/c1-33-9-8-18(16(25)12-33)30-17-6-3-7-19-15(17)10-20(34(19)13-24(26,27)28)23-32-31-21(36-23)11-29-22(35)14-4-2-5-14/h3,6-7,10,14,16H,2,4-5,8-9,11-13H2,1H3,(H,29,35)/b30-18+/t16-/m0/s1. The van der Waals surface area contributed by atoms with E-state index < -0.39 is 18.9 Å². The highest BCUT2D eigenvalue weighted by atomic mass is 32.1. The van der Waals surface area contributed by atoms with E-state index in [9.17, 15) is 22.4 Å². The summed E-state index contributed by atoms with van der Waals surface area (Å²) in [7, 11) is 1.84.